The summed E-state index contributed by atoms with van der Waals surface area (Å²) in [5, 5.41) is 5.50. The van der Waals surface area contributed by atoms with Crippen LogP contribution in [0.3, 0.4) is 0 Å². The van der Waals surface area contributed by atoms with Gasteiger partial charge in [0.05, 0.1) is 0 Å². The van der Waals surface area contributed by atoms with Gasteiger partial charge in [-0.05, 0) is 60.2 Å². The average Bonchev–Trinajstić information content (AvgIpc) is 2.74. The van der Waals surface area contributed by atoms with Gasteiger partial charge in [-0.1, -0.05) is 36.4 Å². The Morgan fingerprint density at radius 2 is 1.63 bits per heavy atom. The number of halogens is 1. The first-order chi connectivity index (χ1) is 14.4. The van der Waals surface area contributed by atoms with Gasteiger partial charge in [-0.25, -0.2) is 4.39 Å². The van der Waals surface area contributed by atoms with Crippen molar-refractivity contribution in [3.63, 3.8) is 0 Å². The van der Waals surface area contributed by atoms with Gasteiger partial charge in [0.15, 0.2) is 5.11 Å². The Morgan fingerprint density at radius 1 is 0.933 bits per heavy atom. The molecular weight excluding hydrogens is 401 g/mol. The van der Waals surface area contributed by atoms with E-state index < -0.39 is 11.7 Å². The predicted molar refractivity (Wildman–Crippen MR) is 119 cm³/mol. The molecule has 0 unspecified atom stereocenters. The molecule has 0 heterocycles. The number of nitrogens with one attached hydrogen (secondary N) is 2. The highest BCUT2D eigenvalue weighted by Crippen LogP contribution is 2.14. The van der Waals surface area contributed by atoms with Crippen molar-refractivity contribution >= 4 is 34.8 Å². The summed E-state index contributed by atoms with van der Waals surface area (Å²) in [5.74, 6) is -1.02. The van der Waals surface area contributed by atoms with E-state index in [9.17, 15) is 14.0 Å². The maximum Gasteiger partial charge on any atom is 0.257 e. The molecule has 0 saturated heterocycles. The molecule has 5 nitrogen and oxygen atoms in total. The minimum atomic E-state index is -0.456. The van der Waals surface area contributed by atoms with E-state index in [1.165, 1.54) is 24.3 Å². The second-order valence-corrected chi connectivity index (χ2v) is 7.05. The first-order valence-electron chi connectivity index (χ1n) is 9.20. The number of benzene rings is 3. The number of hydrogen-bond donors (Lipinski definition) is 2. The van der Waals surface area contributed by atoms with Crippen molar-refractivity contribution < 1.29 is 14.0 Å². The normalized spacial score (nSPS) is 10.2. The zero-order valence-electron chi connectivity index (χ0n) is 16.3. The smallest absolute Gasteiger partial charge is 0.257 e. The SMILES string of the molecule is CN(Cc1ccccc1)C(=O)c1cccc(NC(=S)NC(=O)c2ccc(F)cc2)c1. The maximum atomic E-state index is 13.0. The molecule has 0 aliphatic carbocycles. The minimum absolute atomic E-state index is 0.0755. The quantitative estimate of drug-likeness (QED) is 0.606. The number of nitrogens with zero attached hydrogens (tertiary/aromatic N) is 1. The molecule has 2 amide bonds. The summed E-state index contributed by atoms with van der Waals surface area (Å²) in [6, 6.07) is 21.7. The largest absolute Gasteiger partial charge is 0.337 e. The molecule has 2 N–H and O–H groups in total. The molecule has 0 fully saturated rings. The van der Waals surface area contributed by atoms with Crippen LogP contribution in [0.5, 0.6) is 0 Å². The number of carbonyl (C=O) groups is 2. The number of thiocarbonyl (C=S) groups is 1. The van der Waals surface area contributed by atoms with Crippen LogP contribution in [-0.2, 0) is 6.54 Å². The van der Waals surface area contributed by atoms with Crippen LogP contribution in [0.1, 0.15) is 26.3 Å². The Morgan fingerprint density at radius 3 is 2.33 bits per heavy atom. The van der Waals surface area contributed by atoms with Gasteiger partial charge in [0.2, 0.25) is 0 Å². The van der Waals surface area contributed by atoms with Gasteiger partial charge in [-0.15, -0.1) is 0 Å². The molecule has 0 bridgehead atoms. The Labute approximate surface area is 179 Å². The van der Waals surface area contributed by atoms with Crippen molar-refractivity contribution in [1.29, 1.82) is 0 Å². The van der Waals surface area contributed by atoms with E-state index in [0.29, 0.717) is 17.8 Å². The van der Waals surface area contributed by atoms with E-state index in [2.05, 4.69) is 10.6 Å². The Bertz CT molecular complexity index is 1060. The Kier molecular flexibility index (Phi) is 6.87. The summed E-state index contributed by atoms with van der Waals surface area (Å²) >= 11 is 5.17. The van der Waals surface area contributed by atoms with Gasteiger partial charge in [-0.3, -0.25) is 14.9 Å². The van der Waals surface area contributed by atoms with Crippen molar-refractivity contribution in [2.24, 2.45) is 0 Å². The molecule has 7 heteroatoms. The van der Waals surface area contributed by atoms with E-state index in [-0.39, 0.29) is 16.6 Å². The lowest BCUT2D eigenvalue weighted by molar-refractivity contribution is 0.0785. The molecule has 0 radical (unpaired) electrons. The fraction of sp³-hybridized carbons (Fsp3) is 0.0870. The van der Waals surface area contributed by atoms with Crippen LogP contribution in [0.2, 0.25) is 0 Å². The molecule has 0 saturated carbocycles. The molecule has 3 aromatic rings. The summed E-state index contributed by atoms with van der Waals surface area (Å²) in [6.45, 7) is 0.490. The molecule has 0 aliphatic rings. The van der Waals surface area contributed by atoms with E-state index in [0.717, 1.165) is 5.56 Å². The highest BCUT2D eigenvalue weighted by molar-refractivity contribution is 7.80. The zero-order valence-corrected chi connectivity index (χ0v) is 17.1. The van der Waals surface area contributed by atoms with E-state index in [1.54, 1.807) is 36.2 Å². The predicted octanol–water partition coefficient (Wildman–Crippen LogP) is 4.22. The number of hydrogen-bond acceptors (Lipinski definition) is 3. The standard InChI is InChI=1S/C23H20FN3O2S/c1-27(15-16-6-3-2-4-7-16)22(29)18-8-5-9-20(14-18)25-23(30)26-21(28)17-10-12-19(24)13-11-17/h2-14H,15H2,1H3,(H2,25,26,28,30). The number of amides is 2. The third-order valence-electron chi connectivity index (χ3n) is 4.31. The van der Waals surface area contributed by atoms with Crippen LogP contribution >= 0.6 is 12.2 Å². The van der Waals surface area contributed by atoms with Gasteiger partial charge < -0.3 is 10.2 Å². The van der Waals surface area contributed by atoms with Crippen LogP contribution in [0, 0.1) is 5.82 Å². The van der Waals surface area contributed by atoms with Crippen molar-refractivity contribution in [2.45, 2.75) is 6.54 Å². The zero-order chi connectivity index (χ0) is 21.5. The van der Waals surface area contributed by atoms with Crippen LogP contribution in [0.15, 0.2) is 78.9 Å². The summed E-state index contributed by atoms with van der Waals surface area (Å²) in [6.07, 6.45) is 0. The highest BCUT2D eigenvalue weighted by atomic mass is 32.1. The molecule has 0 aliphatic heterocycles. The van der Waals surface area contributed by atoms with Gasteiger partial charge in [0.1, 0.15) is 5.82 Å². The first kappa shape index (κ1) is 21.1. The van der Waals surface area contributed by atoms with E-state index in [4.69, 9.17) is 12.2 Å². The lowest BCUT2D eigenvalue weighted by atomic mass is 10.1. The molecule has 3 aromatic carbocycles. The fourth-order valence-electron chi connectivity index (χ4n) is 2.82. The Balaban J connectivity index is 1.61. The average molecular weight is 421 g/mol. The third kappa shape index (κ3) is 5.71. The maximum absolute atomic E-state index is 13.0. The number of anilines is 1. The second kappa shape index (κ2) is 9.76. The molecule has 30 heavy (non-hydrogen) atoms. The summed E-state index contributed by atoms with van der Waals surface area (Å²) in [5.41, 5.74) is 2.38. The molecule has 152 valence electrons. The van der Waals surface area contributed by atoms with Gasteiger partial charge in [-0.2, -0.15) is 0 Å². The number of rotatable bonds is 5. The van der Waals surface area contributed by atoms with Gasteiger partial charge in [0, 0.05) is 30.4 Å². The molecule has 0 aromatic heterocycles. The van der Waals surface area contributed by atoms with Crippen molar-refractivity contribution in [3.8, 4) is 0 Å². The minimum Gasteiger partial charge on any atom is -0.337 e. The summed E-state index contributed by atoms with van der Waals surface area (Å²) in [7, 11) is 1.74. The van der Waals surface area contributed by atoms with E-state index >= 15 is 0 Å². The molecular formula is C23H20FN3O2S. The van der Waals surface area contributed by atoms with Gasteiger partial charge >= 0.3 is 0 Å². The first-order valence-corrected chi connectivity index (χ1v) is 9.60. The van der Waals surface area contributed by atoms with Crippen LogP contribution < -0.4 is 10.6 Å². The highest BCUT2D eigenvalue weighted by Gasteiger charge is 2.13. The van der Waals surface area contributed by atoms with Crippen LogP contribution in [0.4, 0.5) is 10.1 Å². The monoisotopic (exact) mass is 421 g/mol. The number of carbonyl (C=O) groups excluding carboxylic acids is 2. The molecule has 3 rings (SSSR count). The molecule has 0 atom stereocenters. The topological polar surface area (TPSA) is 61.4 Å². The third-order valence-corrected chi connectivity index (χ3v) is 4.51. The van der Waals surface area contributed by atoms with Crippen molar-refractivity contribution in [1.82, 2.24) is 10.2 Å². The second-order valence-electron chi connectivity index (χ2n) is 6.64. The van der Waals surface area contributed by atoms with E-state index in [1.807, 2.05) is 30.3 Å². The Hall–Kier alpha value is -3.58. The van der Waals surface area contributed by atoms with Gasteiger partial charge in [0.25, 0.3) is 11.8 Å². The lowest BCUT2D eigenvalue weighted by Gasteiger charge is -2.18. The van der Waals surface area contributed by atoms with Crippen LogP contribution in [-0.4, -0.2) is 28.9 Å². The van der Waals surface area contributed by atoms with Crippen molar-refractivity contribution in [2.75, 3.05) is 12.4 Å². The van der Waals surface area contributed by atoms with Crippen LogP contribution in [0.25, 0.3) is 0 Å². The summed E-state index contributed by atoms with van der Waals surface area (Å²) < 4.78 is 13.0. The summed E-state index contributed by atoms with van der Waals surface area (Å²) in [4.78, 5) is 26.5. The molecule has 0 spiro atoms. The lowest BCUT2D eigenvalue weighted by Crippen LogP contribution is -2.34. The fourth-order valence-corrected chi connectivity index (χ4v) is 3.03. The van der Waals surface area contributed by atoms with Crippen molar-refractivity contribution in [3.05, 3.63) is 101 Å².